The molecule has 1 amide bonds. The number of fused-ring (bicyclic) bond motifs is 1. The van der Waals surface area contributed by atoms with Crippen molar-refractivity contribution in [3.63, 3.8) is 0 Å². The normalized spacial score (nSPS) is 21.9. The zero-order valence-electron chi connectivity index (χ0n) is 10.5. The van der Waals surface area contributed by atoms with Gasteiger partial charge in [0, 0.05) is 6.07 Å². The van der Waals surface area contributed by atoms with Gasteiger partial charge in [-0.25, -0.2) is 0 Å². The van der Waals surface area contributed by atoms with E-state index in [1.54, 1.807) is 0 Å². The molecule has 0 aromatic heterocycles. The number of hydrogen-bond donors (Lipinski definition) is 2. The Kier molecular flexibility index (Phi) is 2.53. The molecule has 6 heteroatoms. The Hall–Kier alpha value is -2.11. The fraction of sp³-hybridized carbons (Fsp3) is 0.417. The minimum absolute atomic E-state index is 0.0691. The van der Waals surface area contributed by atoms with E-state index in [1.807, 2.05) is 20.8 Å². The molecule has 1 aliphatic heterocycles. The molecule has 0 radical (unpaired) electrons. The molecule has 1 unspecified atom stereocenters. The van der Waals surface area contributed by atoms with Crippen LogP contribution < -0.4 is 11.1 Å². The number of nitrogens with two attached hydrogens (primary N) is 1. The van der Waals surface area contributed by atoms with Crippen molar-refractivity contribution >= 4 is 23.0 Å². The van der Waals surface area contributed by atoms with Gasteiger partial charge in [0.25, 0.3) is 5.69 Å². The molecule has 6 nitrogen and oxygen atoms in total. The van der Waals surface area contributed by atoms with Gasteiger partial charge in [0.1, 0.15) is 5.69 Å². The van der Waals surface area contributed by atoms with Crippen molar-refractivity contribution < 1.29 is 9.72 Å². The highest BCUT2D eigenvalue weighted by Gasteiger charge is 2.46. The quantitative estimate of drug-likeness (QED) is 0.476. The Bertz CT molecular complexity index is 554. The number of nitro groups is 1. The zero-order chi connectivity index (χ0) is 13.7. The highest BCUT2D eigenvalue weighted by atomic mass is 16.6. The summed E-state index contributed by atoms with van der Waals surface area (Å²) in [6.07, 6.45) is 0. The van der Waals surface area contributed by atoms with Gasteiger partial charge in [-0.1, -0.05) is 13.8 Å². The second-order valence-electron chi connectivity index (χ2n) is 5.02. The molecule has 1 atom stereocenters. The number of carbonyl (C=O) groups excluding carboxylic acids is 1. The summed E-state index contributed by atoms with van der Waals surface area (Å²) in [4.78, 5) is 22.3. The minimum atomic E-state index is -0.696. The van der Waals surface area contributed by atoms with Gasteiger partial charge in [0.15, 0.2) is 0 Å². The number of hydrogen-bond acceptors (Lipinski definition) is 4. The summed E-state index contributed by atoms with van der Waals surface area (Å²) in [5.41, 5.74) is 6.10. The summed E-state index contributed by atoms with van der Waals surface area (Å²) in [6.45, 7) is 5.70. The molecule has 0 aliphatic carbocycles. The third-order valence-corrected chi connectivity index (χ3v) is 3.80. The number of benzene rings is 1. The number of nitro benzene ring substituents is 1. The summed E-state index contributed by atoms with van der Waals surface area (Å²) < 4.78 is 0. The lowest BCUT2D eigenvalue weighted by molar-refractivity contribution is -0.383. The van der Waals surface area contributed by atoms with E-state index in [9.17, 15) is 14.9 Å². The second-order valence-corrected chi connectivity index (χ2v) is 5.02. The van der Waals surface area contributed by atoms with E-state index in [1.165, 1.54) is 12.1 Å². The molecular formula is C12H15N3O3. The molecule has 1 aromatic carbocycles. The van der Waals surface area contributed by atoms with Crippen LogP contribution >= 0.6 is 0 Å². The van der Waals surface area contributed by atoms with E-state index in [0.29, 0.717) is 5.69 Å². The maximum Gasteiger partial charge on any atom is 0.294 e. The topological polar surface area (TPSA) is 98.3 Å². The molecule has 1 heterocycles. The lowest BCUT2D eigenvalue weighted by Crippen LogP contribution is -2.36. The Morgan fingerprint density at radius 2 is 2.06 bits per heavy atom. The summed E-state index contributed by atoms with van der Waals surface area (Å²) in [5, 5.41) is 13.5. The van der Waals surface area contributed by atoms with Crippen LogP contribution in [0.2, 0.25) is 0 Å². The van der Waals surface area contributed by atoms with Crippen molar-refractivity contribution in [2.24, 2.45) is 5.92 Å². The van der Waals surface area contributed by atoms with Crippen molar-refractivity contribution in [2.75, 3.05) is 11.1 Å². The van der Waals surface area contributed by atoms with E-state index in [4.69, 9.17) is 5.73 Å². The average molecular weight is 249 g/mol. The SMILES string of the molecule is CC(C)C1(C)C(=O)Nc2cc([N+](=O)[O-])c(N)cc21. The number of nitrogens with zero attached hydrogens (tertiary/aromatic N) is 1. The van der Waals surface area contributed by atoms with Gasteiger partial charge < -0.3 is 11.1 Å². The van der Waals surface area contributed by atoms with Crippen LogP contribution in [0.15, 0.2) is 12.1 Å². The Morgan fingerprint density at radius 3 is 2.56 bits per heavy atom. The third kappa shape index (κ3) is 1.45. The average Bonchev–Trinajstić information content (AvgIpc) is 2.52. The van der Waals surface area contributed by atoms with Crippen molar-refractivity contribution in [1.82, 2.24) is 0 Å². The van der Waals surface area contributed by atoms with E-state index >= 15 is 0 Å². The van der Waals surface area contributed by atoms with E-state index in [0.717, 1.165) is 5.56 Å². The predicted octanol–water partition coefficient (Wildman–Crippen LogP) is 2.04. The molecule has 2 rings (SSSR count). The highest BCUT2D eigenvalue weighted by Crippen LogP contribution is 2.45. The Labute approximate surface area is 104 Å². The Balaban J connectivity index is 2.66. The molecule has 1 aromatic rings. The molecule has 1 aliphatic rings. The van der Waals surface area contributed by atoms with Gasteiger partial charge in [0.05, 0.1) is 16.0 Å². The van der Waals surface area contributed by atoms with Crippen LogP contribution in [-0.4, -0.2) is 10.8 Å². The van der Waals surface area contributed by atoms with E-state index < -0.39 is 10.3 Å². The third-order valence-electron chi connectivity index (χ3n) is 3.80. The molecule has 0 bridgehead atoms. The molecule has 0 fully saturated rings. The largest absolute Gasteiger partial charge is 0.393 e. The maximum absolute atomic E-state index is 12.1. The number of anilines is 2. The number of amides is 1. The first-order valence-electron chi connectivity index (χ1n) is 5.68. The van der Waals surface area contributed by atoms with Crippen molar-refractivity contribution in [3.05, 3.63) is 27.8 Å². The molecule has 96 valence electrons. The van der Waals surface area contributed by atoms with Gasteiger partial charge >= 0.3 is 0 Å². The zero-order valence-corrected chi connectivity index (χ0v) is 10.5. The van der Waals surface area contributed by atoms with Gasteiger partial charge in [-0.3, -0.25) is 14.9 Å². The van der Waals surface area contributed by atoms with E-state index in [-0.39, 0.29) is 23.2 Å². The van der Waals surface area contributed by atoms with Crippen LogP contribution in [0.1, 0.15) is 26.3 Å². The molecular weight excluding hydrogens is 234 g/mol. The van der Waals surface area contributed by atoms with E-state index in [2.05, 4.69) is 5.32 Å². The molecule has 0 spiro atoms. The summed E-state index contributed by atoms with van der Waals surface area (Å²) >= 11 is 0. The standard InChI is InChI=1S/C12H15N3O3/c1-6(2)12(3)7-4-8(13)10(15(17)18)5-9(7)14-11(12)16/h4-6H,13H2,1-3H3,(H,14,16). The maximum atomic E-state index is 12.1. The van der Waals surface area contributed by atoms with Crippen LogP contribution in [0, 0.1) is 16.0 Å². The summed E-state index contributed by atoms with van der Waals surface area (Å²) in [5.74, 6) is -0.0768. The Morgan fingerprint density at radius 1 is 1.44 bits per heavy atom. The van der Waals surface area contributed by atoms with Crippen molar-refractivity contribution in [2.45, 2.75) is 26.2 Å². The monoisotopic (exact) mass is 249 g/mol. The number of nitrogen functional groups attached to an aromatic ring is 1. The molecule has 0 saturated heterocycles. The fourth-order valence-electron chi connectivity index (χ4n) is 2.24. The minimum Gasteiger partial charge on any atom is -0.393 e. The van der Waals surface area contributed by atoms with Crippen LogP contribution in [0.4, 0.5) is 17.1 Å². The van der Waals surface area contributed by atoms with Crippen LogP contribution in [0.3, 0.4) is 0 Å². The smallest absolute Gasteiger partial charge is 0.294 e. The van der Waals surface area contributed by atoms with Crippen LogP contribution in [0.25, 0.3) is 0 Å². The van der Waals surface area contributed by atoms with Gasteiger partial charge in [0.2, 0.25) is 5.91 Å². The van der Waals surface area contributed by atoms with Gasteiger partial charge in [-0.15, -0.1) is 0 Å². The first-order chi connectivity index (χ1) is 8.28. The summed E-state index contributed by atoms with van der Waals surface area (Å²) in [6, 6.07) is 2.86. The molecule has 3 N–H and O–H groups in total. The predicted molar refractivity (Wildman–Crippen MR) is 68.3 cm³/mol. The highest BCUT2D eigenvalue weighted by molar-refractivity contribution is 6.07. The second kappa shape index (κ2) is 3.69. The number of rotatable bonds is 2. The fourth-order valence-corrected chi connectivity index (χ4v) is 2.24. The van der Waals surface area contributed by atoms with Crippen molar-refractivity contribution in [3.8, 4) is 0 Å². The van der Waals surface area contributed by atoms with Crippen molar-refractivity contribution in [1.29, 1.82) is 0 Å². The van der Waals surface area contributed by atoms with Gasteiger partial charge in [-0.2, -0.15) is 0 Å². The lowest BCUT2D eigenvalue weighted by atomic mass is 9.74. The van der Waals surface area contributed by atoms with Gasteiger partial charge in [-0.05, 0) is 24.5 Å². The van der Waals surface area contributed by atoms with Crippen LogP contribution in [0.5, 0.6) is 0 Å². The first kappa shape index (κ1) is 12.3. The molecule has 0 saturated carbocycles. The lowest BCUT2D eigenvalue weighted by Gasteiger charge is -2.26. The first-order valence-corrected chi connectivity index (χ1v) is 5.68. The number of nitrogens with one attached hydrogen (secondary N) is 1. The van der Waals surface area contributed by atoms with Crippen LogP contribution in [-0.2, 0) is 10.2 Å². The number of carbonyl (C=O) groups is 1. The molecule has 18 heavy (non-hydrogen) atoms. The summed E-state index contributed by atoms with van der Waals surface area (Å²) in [7, 11) is 0.